The normalized spacial score (nSPS) is 19.2. The molecule has 4 aromatic rings. The van der Waals surface area contributed by atoms with Crippen molar-refractivity contribution in [3.63, 3.8) is 0 Å². The van der Waals surface area contributed by atoms with Crippen LogP contribution in [0.15, 0.2) is 60.7 Å². The van der Waals surface area contributed by atoms with Gasteiger partial charge in [0, 0.05) is 22.1 Å². The van der Waals surface area contributed by atoms with Gasteiger partial charge in [0.15, 0.2) is 0 Å². The Bertz CT molecular complexity index is 1330. The largest absolute Gasteiger partial charge is 0.494 e. The number of rotatable bonds is 2. The van der Waals surface area contributed by atoms with Crippen molar-refractivity contribution in [3.05, 3.63) is 82.9 Å². The quantitative estimate of drug-likeness (QED) is 0.382. The van der Waals surface area contributed by atoms with Crippen molar-refractivity contribution in [1.29, 1.82) is 0 Å². The van der Waals surface area contributed by atoms with Gasteiger partial charge in [-0.25, -0.2) is 0 Å². The van der Waals surface area contributed by atoms with Gasteiger partial charge in [0.05, 0.1) is 12.8 Å². The molecule has 0 fully saturated rings. The second-order valence-corrected chi connectivity index (χ2v) is 9.34. The molecule has 2 bridgehead atoms. The van der Waals surface area contributed by atoms with E-state index in [-0.39, 0.29) is 17.7 Å². The summed E-state index contributed by atoms with van der Waals surface area (Å²) in [6.45, 7) is 6.56. The van der Waals surface area contributed by atoms with Crippen LogP contribution in [0.3, 0.4) is 0 Å². The van der Waals surface area contributed by atoms with Crippen LogP contribution in [0.1, 0.15) is 55.2 Å². The Morgan fingerprint density at radius 2 is 1.47 bits per heavy atom. The van der Waals surface area contributed by atoms with Crippen LogP contribution in [0.25, 0.3) is 21.5 Å². The summed E-state index contributed by atoms with van der Waals surface area (Å²) in [6.07, 6.45) is -0.132. The number of fused-ring (bicyclic) bond motifs is 12. The second kappa shape index (κ2) is 5.99. The molecular weight excluding hydrogens is 370 g/mol. The highest BCUT2D eigenvalue weighted by Gasteiger charge is 2.46. The zero-order valence-electron chi connectivity index (χ0n) is 17.7. The van der Waals surface area contributed by atoms with Crippen molar-refractivity contribution in [2.75, 3.05) is 12.4 Å². The number of benzene rings is 4. The average Bonchev–Trinajstić information content (AvgIpc) is 3.30. The molecule has 2 heterocycles. The fourth-order valence-corrected chi connectivity index (χ4v) is 5.25. The summed E-state index contributed by atoms with van der Waals surface area (Å²) in [7, 11) is 1.77. The first-order valence-corrected chi connectivity index (χ1v) is 10.6. The van der Waals surface area contributed by atoms with Gasteiger partial charge in [-0.1, -0.05) is 60.7 Å². The Labute approximate surface area is 176 Å². The molecule has 2 unspecified atom stereocenters. The maximum Gasteiger partial charge on any atom is 0.149 e. The third kappa shape index (κ3) is 2.30. The van der Waals surface area contributed by atoms with Crippen molar-refractivity contribution in [2.24, 2.45) is 0 Å². The molecule has 2 atom stereocenters. The zero-order chi connectivity index (χ0) is 20.6. The lowest BCUT2D eigenvalue weighted by Crippen LogP contribution is -2.27. The number of hydrogen-bond donors (Lipinski definition) is 1. The molecule has 0 aliphatic carbocycles. The fraction of sp³-hybridized carbons (Fsp3) is 0.259. The number of nitrogens with one attached hydrogen (secondary N) is 1. The van der Waals surface area contributed by atoms with Gasteiger partial charge in [-0.05, 0) is 48.1 Å². The summed E-state index contributed by atoms with van der Waals surface area (Å²) in [5.74, 6) is 0.907. The van der Waals surface area contributed by atoms with E-state index in [0.717, 1.165) is 11.4 Å². The number of ether oxygens (including phenoxy) is 2. The van der Waals surface area contributed by atoms with E-state index in [2.05, 4.69) is 86.8 Å². The first-order chi connectivity index (χ1) is 14.5. The van der Waals surface area contributed by atoms with E-state index in [1.165, 1.54) is 43.8 Å². The highest BCUT2D eigenvalue weighted by atomic mass is 16.5. The Hall–Kier alpha value is -3.04. The second-order valence-electron chi connectivity index (χ2n) is 9.34. The summed E-state index contributed by atoms with van der Waals surface area (Å²) in [6, 6.07) is 21.7. The summed E-state index contributed by atoms with van der Waals surface area (Å²) < 4.78 is 12.7. The standard InChI is InChI=1S/C27H25NO2/c1-27(2,3)28-23-19-14-13-15-9-5-6-10-16(15)20(19)21-22(26(23)29-4)25-18-12-8-7-11-17(18)24(21)30-25/h5-14,24-25,28H,1-4H3. The van der Waals surface area contributed by atoms with Crippen molar-refractivity contribution in [2.45, 2.75) is 38.5 Å². The fourth-order valence-electron chi connectivity index (χ4n) is 5.25. The van der Waals surface area contributed by atoms with Crippen LogP contribution < -0.4 is 10.1 Å². The number of anilines is 1. The minimum absolute atomic E-state index is 0.0490. The van der Waals surface area contributed by atoms with Crippen LogP contribution in [-0.2, 0) is 4.74 Å². The molecule has 4 aromatic carbocycles. The molecule has 0 amide bonds. The Balaban J connectivity index is 1.79. The molecular formula is C27H25NO2. The van der Waals surface area contributed by atoms with Gasteiger partial charge in [-0.15, -0.1) is 0 Å². The molecule has 0 saturated heterocycles. The van der Waals surface area contributed by atoms with Crippen LogP contribution in [0, 0.1) is 0 Å². The topological polar surface area (TPSA) is 30.5 Å². The Kier molecular flexibility index (Phi) is 3.55. The lowest BCUT2D eigenvalue weighted by molar-refractivity contribution is 0.0853. The lowest BCUT2D eigenvalue weighted by Gasteiger charge is -2.29. The van der Waals surface area contributed by atoms with Crippen LogP contribution in [0.2, 0.25) is 0 Å². The van der Waals surface area contributed by atoms with Gasteiger partial charge in [0.25, 0.3) is 0 Å². The molecule has 30 heavy (non-hydrogen) atoms. The highest BCUT2D eigenvalue weighted by Crippen LogP contribution is 2.61. The summed E-state index contributed by atoms with van der Waals surface area (Å²) >= 11 is 0. The Morgan fingerprint density at radius 3 is 2.17 bits per heavy atom. The molecule has 2 aliphatic heterocycles. The Morgan fingerprint density at radius 1 is 0.800 bits per heavy atom. The summed E-state index contributed by atoms with van der Waals surface area (Å²) in [5.41, 5.74) is 5.94. The van der Waals surface area contributed by atoms with Gasteiger partial charge < -0.3 is 14.8 Å². The minimum Gasteiger partial charge on any atom is -0.494 e. The van der Waals surface area contributed by atoms with Crippen LogP contribution in [-0.4, -0.2) is 12.6 Å². The monoisotopic (exact) mass is 395 g/mol. The molecule has 150 valence electrons. The molecule has 6 rings (SSSR count). The van der Waals surface area contributed by atoms with E-state index in [4.69, 9.17) is 9.47 Å². The third-order valence-corrected chi connectivity index (χ3v) is 6.29. The zero-order valence-corrected chi connectivity index (χ0v) is 17.7. The molecule has 2 aliphatic rings. The SMILES string of the molecule is COc1c2c(c3c(ccc4ccccc43)c1NC(C)(C)C)C1OC2c2ccccc21. The predicted octanol–water partition coefficient (Wildman–Crippen LogP) is 6.73. The lowest BCUT2D eigenvalue weighted by atomic mass is 9.81. The van der Waals surface area contributed by atoms with Gasteiger partial charge in [0.2, 0.25) is 0 Å². The number of hydrogen-bond acceptors (Lipinski definition) is 3. The first-order valence-electron chi connectivity index (χ1n) is 10.6. The molecule has 0 spiro atoms. The van der Waals surface area contributed by atoms with E-state index in [0.29, 0.717) is 0 Å². The summed E-state index contributed by atoms with van der Waals surface area (Å²) in [4.78, 5) is 0. The van der Waals surface area contributed by atoms with Crippen molar-refractivity contribution in [1.82, 2.24) is 0 Å². The van der Waals surface area contributed by atoms with Crippen molar-refractivity contribution >= 4 is 27.2 Å². The van der Waals surface area contributed by atoms with Gasteiger partial charge in [-0.3, -0.25) is 0 Å². The average molecular weight is 396 g/mol. The van der Waals surface area contributed by atoms with E-state index in [1.807, 2.05) is 0 Å². The van der Waals surface area contributed by atoms with Crippen LogP contribution >= 0.6 is 0 Å². The van der Waals surface area contributed by atoms with Gasteiger partial charge in [0.1, 0.15) is 18.0 Å². The maximum atomic E-state index is 6.59. The van der Waals surface area contributed by atoms with E-state index >= 15 is 0 Å². The van der Waals surface area contributed by atoms with E-state index in [1.54, 1.807) is 7.11 Å². The molecule has 3 heteroatoms. The van der Waals surface area contributed by atoms with Crippen LogP contribution in [0.4, 0.5) is 5.69 Å². The van der Waals surface area contributed by atoms with E-state index in [9.17, 15) is 0 Å². The smallest absolute Gasteiger partial charge is 0.149 e. The summed E-state index contributed by atoms with van der Waals surface area (Å²) in [5, 5.41) is 8.71. The predicted molar refractivity (Wildman–Crippen MR) is 123 cm³/mol. The van der Waals surface area contributed by atoms with Gasteiger partial charge >= 0.3 is 0 Å². The molecule has 3 nitrogen and oxygen atoms in total. The van der Waals surface area contributed by atoms with Crippen LogP contribution in [0.5, 0.6) is 5.75 Å². The minimum atomic E-state index is -0.101. The number of methoxy groups -OCH3 is 1. The third-order valence-electron chi connectivity index (χ3n) is 6.29. The molecule has 0 aromatic heterocycles. The molecule has 0 radical (unpaired) electrons. The first kappa shape index (κ1) is 17.8. The van der Waals surface area contributed by atoms with Crippen molar-refractivity contribution in [3.8, 4) is 5.75 Å². The maximum absolute atomic E-state index is 6.59. The molecule has 1 N–H and O–H groups in total. The van der Waals surface area contributed by atoms with Gasteiger partial charge in [-0.2, -0.15) is 0 Å². The van der Waals surface area contributed by atoms with Crippen molar-refractivity contribution < 1.29 is 9.47 Å². The molecule has 0 saturated carbocycles. The van der Waals surface area contributed by atoms with E-state index < -0.39 is 0 Å². The highest BCUT2D eigenvalue weighted by molar-refractivity contribution is 6.15.